The molecule has 0 saturated heterocycles. The molecule has 0 spiro atoms. The van der Waals surface area contributed by atoms with Gasteiger partial charge in [-0.3, -0.25) is 14.0 Å². The number of benzene rings is 1. The van der Waals surface area contributed by atoms with Crippen LogP contribution in [-0.2, 0) is 24.3 Å². The van der Waals surface area contributed by atoms with Gasteiger partial charge in [0.2, 0.25) is 5.91 Å². The third kappa shape index (κ3) is 3.16. The molecule has 1 amide bonds. The van der Waals surface area contributed by atoms with Crippen molar-refractivity contribution >= 4 is 38.5 Å². The standard InChI is InChI=1S/C19H17BrN4O3/c1-2-17-22-23(11-18(25)21-10-12-5-3-4-6-13(12)20)19(26)15-9-16-14(24(15)17)7-8-27-16/h3-9H,2,10-11H2,1H3,(H,21,25). The Morgan fingerprint density at radius 2 is 2.07 bits per heavy atom. The Morgan fingerprint density at radius 3 is 2.85 bits per heavy atom. The third-order valence-corrected chi connectivity index (χ3v) is 5.19. The van der Waals surface area contributed by atoms with E-state index < -0.39 is 0 Å². The molecule has 8 heteroatoms. The molecular formula is C19H17BrN4O3. The maximum Gasteiger partial charge on any atom is 0.291 e. The summed E-state index contributed by atoms with van der Waals surface area (Å²) < 4.78 is 9.32. The fourth-order valence-corrected chi connectivity index (χ4v) is 3.51. The Hall–Kier alpha value is -2.87. The van der Waals surface area contributed by atoms with E-state index >= 15 is 0 Å². The zero-order valence-corrected chi connectivity index (χ0v) is 16.2. The van der Waals surface area contributed by atoms with Crippen molar-refractivity contribution < 1.29 is 9.21 Å². The Labute approximate surface area is 162 Å². The van der Waals surface area contributed by atoms with Crippen molar-refractivity contribution in [3.63, 3.8) is 0 Å². The van der Waals surface area contributed by atoms with E-state index in [-0.39, 0.29) is 18.0 Å². The summed E-state index contributed by atoms with van der Waals surface area (Å²) >= 11 is 3.45. The predicted octanol–water partition coefficient (Wildman–Crippen LogP) is 2.88. The van der Waals surface area contributed by atoms with Gasteiger partial charge in [-0.2, -0.15) is 5.10 Å². The molecule has 4 aromatic rings. The summed E-state index contributed by atoms with van der Waals surface area (Å²) in [4.78, 5) is 25.1. The summed E-state index contributed by atoms with van der Waals surface area (Å²) in [6, 6.07) is 11.1. The van der Waals surface area contributed by atoms with Crippen molar-refractivity contribution in [3.8, 4) is 0 Å². The summed E-state index contributed by atoms with van der Waals surface area (Å²) in [6.45, 7) is 2.19. The van der Waals surface area contributed by atoms with Gasteiger partial charge in [0, 0.05) is 29.6 Å². The number of rotatable bonds is 5. The largest absolute Gasteiger partial charge is 0.463 e. The molecule has 0 bridgehead atoms. The van der Waals surface area contributed by atoms with Gasteiger partial charge in [-0.25, -0.2) is 4.68 Å². The average Bonchev–Trinajstić information content (AvgIpc) is 3.25. The number of amides is 1. The molecule has 0 fully saturated rings. The minimum Gasteiger partial charge on any atom is -0.463 e. The molecule has 138 valence electrons. The second-order valence-electron chi connectivity index (χ2n) is 6.14. The molecule has 0 atom stereocenters. The highest BCUT2D eigenvalue weighted by molar-refractivity contribution is 9.10. The normalized spacial score (nSPS) is 11.3. The fourth-order valence-electron chi connectivity index (χ4n) is 3.09. The lowest BCUT2D eigenvalue weighted by Gasteiger charge is -2.10. The van der Waals surface area contributed by atoms with Gasteiger partial charge in [0.25, 0.3) is 5.56 Å². The van der Waals surface area contributed by atoms with E-state index in [9.17, 15) is 9.59 Å². The third-order valence-electron chi connectivity index (χ3n) is 4.41. The first kappa shape index (κ1) is 17.5. The molecule has 27 heavy (non-hydrogen) atoms. The Morgan fingerprint density at radius 1 is 1.26 bits per heavy atom. The highest BCUT2D eigenvalue weighted by Crippen LogP contribution is 2.20. The minimum atomic E-state index is -0.324. The lowest BCUT2D eigenvalue weighted by molar-refractivity contribution is -0.122. The monoisotopic (exact) mass is 428 g/mol. The summed E-state index contributed by atoms with van der Waals surface area (Å²) in [7, 11) is 0. The summed E-state index contributed by atoms with van der Waals surface area (Å²) in [5.41, 5.74) is 2.52. The van der Waals surface area contributed by atoms with Crippen LogP contribution in [0.2, 0.25) is 0 Å². The number of carbonyl (C=O) groups is 1. The van der Waals surface area contributed by atoms with Crippen LogP contribution in [0.25, 0.3) is 16.6 Å². The number of nitrogens with zero attached hydrogens (tertiary/aromatic N) is 3. The predicted molar refractivity (Wildman–Crippen MR) is 105 cm³/mol. The van der Waals surface area contributed by atoms with Gasteiger partial charge in [0.1, 0.15) is 17.9 Å². The molecule has 0 unspecified atom stereocenters. The number of carbonyl (C=O) groups excluding carboxylic acids is 1. The molecule has 0 radical (unpaired) electrons. The smallest absolute Gasteiger partial charge is 0.291 e. The Bertz CT molecular complexity index is 1200. The van der Waals surface area contributed by atoms with E-state index in [1.165, 1.54) is 4.68 Å². The van der Waals surface area contributed by atoms with E-state index in [0.29, 0.717) is 29.9 Å². The number of aryl methyl sites for hydroxylation is 1. The molecule has 1 N–H and O–H groups in total. The van der Waals surface area contributed by atoms with E-state index in [4.69, 9.17) is 4.42 Å². The van der Waals surface area contributed by atoms with Crippen LogP contribution in [0, 0.1) is 0 Å². The van der Waals surface area contributed by atoms with E-state index in [0.717, 1.165) is 15.6 Å². The number of halogens is 1. The van der Waals surface area contributed by atoms with Crippen molar-refractivity contribution in [1.29, 1.82) is 0 Å². The number of nitrogens with one attached hydrogen (secondary N) is 1. The lowest BCUT2D eigenvalue weighted by Crippen LogP contribution is -2.35. The molecule has 0 saturated carbocycles. The van der Waals surface area contributed by atoms with E-state index in [1.807, 2.05) is 31.2 Å². The number of fused-ring (bicyclic) bond motifs is 3. The van der Waals surface area contributed by atoms with Crippen molar-refractivity contribution in [1.82, 2.24) is 19.5 Å². The van der Waals surface area contributed by atoms with Crippen molar-refractivity contribution in [2.75, 3.05) is 0 Å². The van der Waals surface area contributed by atoms with Gasteiger partial charge < -0.3 is 9.73 Å². The SMILES string of the molecule is CCc1nn(CC(=O)NCc2ccccc2Br)c(=O)c2cc3occc3n12. The molecule has 7 nitrogen and oxygen atoms in total. The summed E-state index contributed by atoms with van der Waals surface area (Å²) in [5.74, 6) is 0.418. The van der Waals surface area contributed by atoms with E-state index in [1.54, 1.807) is 22.8 Å². The second kappa shape index (κ2) is 7.03. The molecule has 0 aliphatic carbocycles. The van der Waals surface area contributed by atoms with E-state index in [2.05, 4.69) is 26.3 Å². The Balaban J connectivity index is 1.62. The van der Waals surface area contributed by atoms with Gasteiger partial charge in [0.15, 0.2) is 5.58 Å². The van der Waals surface area contributed by atoms with Crippen LogP contribution >= 0.6 is 15.9 Å². The van der Waals surface area contributed by atoms with Gasteiger partial charge in [-0.15, -0.1) is 0 Å². The van der Waals surface area contributed by atoms with Crippen LogP contribution in [0.3, 0.4) is 0 Å². The highest BCUT2D eigenvalue weighted by Gasteiger charge is 2.16. The molecule has 3 heterocycles. The first-order valence-corrected chi connectivity index (χ1v) is 9.36. The van der Waals surface area contributed by atoms with Crippen LogP contribution in [0.1, 0.15) is 18.3 Å². The highest BCUT2D eigenvalue weighted by atomic mass is 79.9. The van der Waals surface area contributed by atoms with Crippen molar-refractivity contribution in [3.05, 3.63) is 68.9 Å². The fraction of sp³-hybridized carbons (Fsp3) is 0.211. The van der Waals surface area contributed by atoms with Gasteiger partial charge in [-0.05, 0) is 11.6 Å². The molecule has 1 aromatic carbocycles. The zero-order valence-electron chi connectivity index (χ0n) is 14.6. The number of aromatic nitrogens is 3. The Kier molecular flexibility index (Phi) is 4.57. The lowest BCUT2D eigenvalue weighted by atomic mass is 10.2. The van der Waals surface area contributed by atoms with Crippen molar-refractivity contribution in [2.45, 2.75) is 26.4 Å². The van der Waals surface area contributed by atoms with Crippen LogP contribution in [0.4, 0.5) is 0 Å². The number of hydrogen-bond acceptors (Lipinski definition) is 4. The minimum absolute atomic E-state index is 0.140. The van der Waals surface area contributed by atoms with Crippen LogP contribution < -0.4 is 10.9 Å². The second-order valence-corrected chi connectivity index (χ2v) is 6.99. The number of hydrogen-bond donors (Lipinski definition) is 1. The molecule has 0 aliphatic rings. The van der Waals surface area contributed by atoms with Gasteiger partial charge in [-0.1, -0.05) is 41.1 Å². The van der Waals surface area contributed by atoms with Gasteiger partial charge in [0.05, 0.1) is 11.8 Å². The zero-order chi connectivity index (χ0) is 19.0. The number of furan rings is 1. The molecular weight excluding hydrogens is 412 g/mol. The molecule has 3 aromatic heterocycles. The maximum absolute atomic E-state index is 12.8. The first-order valence-electron chi connectivity index (χ1n) is 8.57. The first-order chi connectivity index (χ1) is 13.1. The van der Waals surface area contributed by atoms with Gasteiger partial charge >= 0.3 is 0 Å². The average molecular weight is 429 g/mol. The summed E-state index contributed by atoms with van der Waals surface area (Å²) in [5, 5.41) is 7.22. The topological polar surface area (TPSA) is 81.5 Å². The molecule has 0 aliphatic heterocycles. The van der Waals surface area contributed by atoms with Crippen LogP contribution in [-0.4, -0.2) is 20.1 Å². The maximum atomic E-state index is 12.8. The van der Waals surface area contributed by atoms with Crippen LogP contribution in [0.5, 0.6) is 0 Å². The summed E-state index contributed by atoms with van der Waals surface area (Å²) in [6.07, 6.45) is 2.20. The van der Waals surface area contributed by atoms with Crippen molar-refractivity contribution in [2.24, 2.45) is 0 Å². The van der Waals surface area contributed by atoms with Crippen LogP contribution in [0.15, 0.2) is 56.3 Å². The quantitative estimate of drug-likeness (QED) is 0.529. The molecule has 4 rings (SSSR count).